The normalized spacial score (nSPS) is 21.9. The van der Waals surface area contributed by atoms with E-state index in [2.05, 4.69) is 5.32 Å². The van der Waals surface area contributed by atoms with Crippen LogP contribution < -0.4 is 5.32 Å². The molecule has 16 heavy (non-hydrogen) atoms. The quantitative estimate of drug-likeness (QED) is 0.761. The minimum absolute atomic E-state index is 0.0284. The number of amides is 2. The smallest absolute Gasteiger partial charge is 0.317 e. The third-order valence-corrected chi connectivity index (χ3v) is 2.94. The van der Waals surface area contributed by atoms with Gasteiger partial charge in [0.05, 0.1) is 0 Å². The van der Waals surface area contributed by atoms with Crippen LogP contribution in [0.15, 0.2) is 0 Å². The fraction of sp³-hybridized carbons (Fsp3) is 0.818. The van der Waals surface area contributed by atoms with Crippen LogP contribution in [-0.2, 0) is 4.79 Å². The minimum atomic E-state index is -0.823. The van der Waals surface area contributed by atoms with Gasteiger partial charge in [0.1, 0.15) is 0 Å². The first-order valence-electron chi connectivity index (χ1n) is 5.77. The van der Waals surface area contributed by atoms with Crippen molar-refractivity contribution >= 4 is 12.0 Å². The van der Waals surface area contributed by atoms with Gasteiger partial charge in [-0.05, 0) is 25.7 Å². The van der Waals surface area contributed by atoms with Crippen molar-refractivity contribution in [2.75, 3.05) is 13.1 Å². The standard InChI is InChI=1S/C11H20N2O3/c1-8(6-10(14)15)7-12-11(16)13-5-3-4-9(13)2/h8-9H,3-7H2,1-2H3,(H,12,16)(H,14,15). The number of hydrogen-bond donors (Lipinski definition) is 2. The lowest BCUT2D eigenvalue weighted by atomic mass is 10.1. The van der Waals surface area contributed by atoms with Gasteiger partial charge < -0.3 is 15.3 Å². The number of carbonyl (C=O) groups is 2. The third kappa shape index (κ3) is 3.72. The van der Waals surface area contributed by atoms with E-state index in [9.17, 15) is 9.59 Å². The molecule has 0 spiro atoms. The van der Waals surface area contributed by atoms with Gasteiger partial charge in [-0.25, -0.2) is 4.79 Å². The van der Waals surface area contributed by atoms with Crippen molar-refractivity contribution in [3.63, 3.8) is 0 Å². The van der Waals surface area contributed by atoms with E-state index >= 15 is 0 Å². The molecular formula is C11H20N2O3. The van der Waals surface area contributed by atoms with Crippen LogP contribution in [0.4, 0.5) is 4.79 Å². The van der Waals surface area contributed by atoms with Crippen LogP contribution in [0.5, 0.6) is 0 Å². The molecule has 0 aromatic carbocycles. The van der Waals surface area contributed by atoms with E-state index in [4.69, 9.17) is 5.11 Å². The molecule has 2 atom stereocenters. The van der Waals surface area contributed by atoms with Crippen LogP contribution in [0.1, 0.15) is 33.1 Å². The molecule has 5 nitrogen and oxygen atoms in total. The summed E-state index contributed by atoms with van der Waals surface area (Å²) in [6, 6.07) is 0.233. The van der Waals surface area contributed by atoms with Gasteiger partial charge in [0.25, 0.3) is 0 Å². The molecule has 0 aromatic rings. The second kappa shape index (κ2) is 5.72. The Morgan fingerprint density at radius 1 is 1.56 bits per heavy atom. The maximum Gasteiger partial charge on any atom is 0.317 e. The predicted molar refractivity (Wildman–Crippen MR) is 60.2 cm³/mol. The summed E-state index contributed by atoms with van der Waals surface area (Å²) in [5.41, 5.74) is 0. The van der Waals surface area contributed by atoms with Crippen LogP contribution in [-0.4, -0.2) is 41.1 Å². The van der Waals surface area contributed by atoms with Gasteiger partial charge in [-0.1, -0.05) is 6.92 Å². The van der Waals surface area contributed by atoms with Crippen LogP contribution in [0.3, 0.4) is 0 Å². The van der Waals surface area contributed by atoms with Gasteiger partial charge in [-0.3, -0.25) is 4.79 Å². The summed E-state index contributed by atoms with van der Waals surface area (Å²) in [5.74, 6) is -0.851. The van der Waals surface area contributed by atoms with E-state index < -0.39 is 5.97 Å². The zero-order valence-corrected chi connectivity index (χ0v) is 9.90. The second-order valence-electron chi connectivity index (χ2n) is 4.57. The molecule has 5 heteroatoms. The fourth-order valence-electron chi connectivity index (χ4n) is 1.97. The average Bonchev–Trinajstić information content (AvgIpc) is 2.60. The van der Waals surface area contributed by atoms with Crippen LogP contribution in [0.2, 0.25) is 0 Å². The van der Waals surface area contributed by atoms with Crippen LogP contribution in [0, 0.1) is 5.92 Å². The van der Waals surface area contributed by atoms with E-state index in [0.717, 1.165) is 19.4 Å². The molecule has 1 aliphatic heterocycles. The topological polar surface area (TPSA) is 69.6 Å². The number of carbonyl (C=O) groups excluding carboxylic acids is 1. The molecule has 2 amide bonds. The molecule has 1 heterocycles. The van der Waals surface area contributed by atoms with Crippen molar-refractivity contribution in [3.8, 4) is 0 Å². The fourth-order valence-corrected chi connectivity index (χ4v) is 1.97. The first kappa shape index (κ1) is 12.8. The number of carboxylic acids is 1. The van der Waals surface area contributed by atoms with Gasteiger partial charge >= 0.3 is 12.0 Å². The first-order valence-corrected chi connectivity index (χ1v) is 5.77. The Labute approximate surface area is 95.8 Å². The van der Waals surface area contributed by atoms with E-state index in [-0.39, 0.29) is 18.4 Å². The summed E-state index contributed by atoms with van der Waals surface area (Å²) >= 11 is 0. The molecule has 0 aromatic heterocycles. The molecule has 1 aliphatic rings. The monoisotopic (exact) mass is 228 g/mol. The Morgan fingerprint density at radius 2 is 2.25 bits per heavy atom. The van der Waals surface area contributed by atoms with Crippen molar-refractivity contribution in [1.29, 1.82) is 0 Å². The molecule has 1 rings (SSSR count). The number of nitrogens with zero attached hydrogens (tertiary/aromatic N) is 1. The molecule has 1 fully saturated rings. The van der Waals surface area contributed by atoms with Gasteiger partial charge in [-0.2, -0.15) is 0 Å². The van der Waals surface area contributed by atoms with Gasteiger partial charge in [0.2, 0.25) is 0 Å². The largest absolute Gasteiger partial charge is 0.481 e. The van der Waals surface area contributed by atoms with Crippen molar-refractivity contribution in [3.05, 3.63) is 0 Å². The highest BCUT2D eigenvalue weighted by atomic mass is 16.4. The highest BCUT2D eigenvalue weighted by Gasteiger charge is 2.24. The van der Waals surface area contributed by atoms with Gasteiger partial charge in [0.15, 0.2) is 0 Å². The van der Waals surface area contributed by atoms with E-state index in [1.54, 1.807) is 0 Å². The Kier molecular flexibility index (Phi) is 4.58. The van der Waals surface area contributed by atoms with E-state index in [1.165, 1.54) is 0 Å². The Hall–Kier alpha value is -1.26. The molecule has 0 saturated carbocycles. The summed E-state index contributed by atoms with van der Waals surface area (Å²) in [6.07, 6.45) is 2.20. The number of hydrogen-bond acceptors (Lipinski definition) is 2. The second-order valence-corrected chi connectivity index (χ2v) is 4.57. The van der Waals surface area contributed by atoms with Crippen molar-refractivity contribution in [2.45, 2.75) is 39.2 Å². The number of likely N-dealkylation sites (tertiary alicyclic amines) is 1. The summed E-state index contributed by atoms with van der Waals surface area (Å²) in [5, 5.41) is 11.4. The number of nitrogens with one attached hydrogen (secondary N) is 1. The third-order valence-electron chi connectivity index (χ3n) is 2.94. The first-order chi connectivity index (χ1) is 7.50. The van der Waals surface area contributed by atoms with Crippen LogP contribution in [0.25, 0.3) is 0 Å². The summed E-state index contributed by atoms with van der Waals surface area (Å²) in [6.45, 7) is 5.09. The number of carboxylic acid groups (broad SMARTS) is 1. The summed E-state index contributed by atoms with van der Waals surface area (Å²) in [4.78, 5) is 24.0. The summed E-state index contributed by atoms with van der Waals surface area (Å²) < 4.78 is 0. The molecule has 0 radical (unpaired) electrons. The lowest BCUT2D eigenvalue weighted by Gasteiger charge is -2.22. The molecule has 0 aliphatic carbocycles. The van der Waals surface area contributed by atoms with Crippen LogP contribution >= 0.6 is 0 Å². The van der Waals surface area contributed by atoms with Crippen molar-refractivity contribution < 1.29 is 14.7 Å². The van der Waals surface area contributed by atoms with E-state index in [0.29, 0.717) is 12.6 Å². The zero-order chi connectivity index (χ0) is 12.1. The molecular weight excluding hydrogens is 208 g/mol. The Morgan fingerprint density at radius 3 is 2.75 bits per heavy atom. The maximum atomic E-state index is 11.7. The number of rotatable bonds is 4. The van der Waals surface area contributed by atoms with Crippen molar-refractivity contribution in [1.82, 2.24) is 10.2 Å². The van der Waals surface area contributed by atoms with Crippen molar-refractivity contribution in [2.24, 2.45) is 5.92 Å². The highest BCUT2D eigenvalue weighted by Crippen LogP contribution is 2.16. The zero-order valence-electron chi connectivity index (χ0n) is 9.90. The Balaban J connectivity index is 2.26. The highest BCUT2D eigenvalue weighted by molar-refractivity contribution is 5.75. The predicted octanol–water partition coefficient (Wildman–Crippen LogP) is 1.29. The lowest BCUT2D eigenvalue weighted by Crippen LogP contribution is -2.43. The average molecular weight is 228 g/mol. The molecule has 2 N–H and O–H groups in total. The minimum Gasteiger partial charge on any atom is -0.481 e. The Bertz CT molecular complexity index is 268. The SMILES string of the molecule is CC(CNC(=O)N1CCCC1C)CC(=O)O. The molecule has 92 valence electrons. The maximum absolute atomic E-state index is 11.7. The lowest BCUT2D eigenvalue weighted by molar-refractivity contribution is -0.137. The number of urea groups is 1. The summed E-state index contributed by atoms with van der Waals surface area (Å²) in [7, 11) is 0. The number of aliphatic carboxylic acids is 1. The van der Waals surface area contributed by atoms with E-state index in [1.807, 2.05) is 18.7 Å². The molecule has 1 saturated heterocycles. The molecule has 0 bridgehead atoms. The van der Waals surface area contributed by atoms with Gasteiger partial charge in [-0.15, -0.1) is 0 Å². The molecule has 2 unspecified atom stereocenters. The van der Waals surface area contributed by atoms with Gasteiger partial charge in [0, 0.05) is 25.6 Å².